The van der Waals surface area contributed by atoms with Gasteiger partial charge in [-0.1, -0.05) is 0 Å². The van der Waals surface area contributed by atoms with E-state index in [1.807, 2.05) is 0 Å². The van der Waals surface area contributed by atoms with E-state index in [1.165, 1.54) is 13.0 Å². The summed E-state index contributed by atoms with van der Waals surface area (Å²) in [5, 5.41) is 0. The minimum Gasteiger partial charge on any atom is -0.338 e. The molecule has 0 radical (unpaired) electrons. The molecule has 0 unspecified atom stereocenters. The van der Waals surface area contributed by atoms with Gasteiger partial charge in [-0.2, -0.15) is 0 Å². The van der Waals surface area contributed by atoms with Crippen LogP contribution in [0.2, 0.25) is 0 Å². The van der Waals surface area contributed by atoms with Crippen molar-refractivity contribution in [1.29, 1.82) is 0 Å². The third-order valence-corrected chi connectivity index (χ3v) is 1.76. The normalized spacial score (nSPS) is 21.4. The van der Waals surface area contributed by atoms with E-state index < -0.39 is 0 Å². The summed E-state index contributed by atoms with van der Waals surface area (Å²) in [6.45, 7) is 2.10. The monoisotopic (exact) mass is 110 g/mol. The van der Waals surface area contributed by atoms with Gasteiger partial charge in [0.05, 0.1) is 12.2 Å². The number of hydrogen-bond acceptors (Lipinski definition) is 2. The Balaban J connectivity index is 1.72. The van der Waals surface area contributed by atoms with E-state index in [0.717, 1.165) is 13.0 Å². The molecule has 2 aliphatic rings. The average molecular weight is 110 g/mol. The zero-order valence-electron chi connectivity index (χ0n) is 4.85. The van der Waals surface area contributed by atoms with Gasteiger partial charge in [0.2, 0.25) is 0 Å². The molecule has 1 saturated heterocycles. The molecular weight excluding hydrogens is 100 g/mol. The summed E-state index contributed by atoms with van der Waals surface area (Å²) in [5.41, 5.74) is 8.50. The summed E-state index contributed by atoms with van der Waals surface area (Å²) in [6, 6.07) is 0. The molecule has 0 amide bonds. The first-order valence-electron chi connectivity index (χ1n) is 3.13. The van der Waals surface area contributed by atoms with Crippen LogP contribution < -0.4 is 5.73 Å². The van der Waals surface area contributed by atoms with E-state index in [2.05, 4.69) is 4.90 Å². The van der Waals surface area contributed by atoms with Gasteiger partial charge in [-0.15, -0.1) is 0 Å². The summed E-state index contributed by atoms with van der Waals surface area (Å²) in [5.74, 6) is 0. The number of nitrogens with zero attached hydrogens (tertiary/aromatic N) is 1. The topological polar surface area (TPSA) is 29.0 Å². The van der Waals surface area contributed by atoms with Crippen molar-refractivity contribution in [2.75, 3.05) is 13.1 Å². The molecule has 2 heteroatoms. The molecule has 44 valence electrons. The third-order valence-electron chi connectivity index (χ3n) is 1.76. The molecule has 0 aromatic heterocycles. The van der Waals surface area contributed by atoms with E-state index in [-0.39, 0.29) is 0 Å². The molecule has 8 heavy (non-hydrogen) atoms. The molecule has 2 aliphatic heterocycles. The summed E-state index contributed by atoms with van der Waals surface area (Å²) in [6.07, 6.45) is 2.39. The minimum absolute atomic E-state index is 0.838. The fourth-order valence-electron chi connectivity index (χ4n) is 1.04. The number of fused-ring (bicyclic) bond motifs is 1. The van der Waals surface area contributed by atoms with Crippen molar-refractivity contribution in [2.24, 2.45) is 5.73 Å². The van der Waals surface area contributed by atoms with Crippen LogP contribution in [0, 0.1) is 0 Å². The van der Waals surface area contributed by atoms with Crippen LogP contribution in [0.15, 0.2) is 11.4 Å². The van der Waals surface area contributed by atoms with Gasteiger partial charge in [0, 0.05) is 5.70 Å². The minimum atomic E-state index is 0.838. The average Bonchev–Trinajstić information content (AvgIpc) is 2.50. The lowest BCUT2D eigenvalue weighted by molar-refractivity contribution is 0.721. The lowest BCUT2D eigenvalue weighted by Crippen LogP contribution is -1.98. The zero-order chi connectivity index (χ0) is 5.56. The molecule has 2 nitrogen and oxygen atoms in total. The second-order valence-corrected chi connectivity index (χ2v) is 2.37. The molecule has 0 aromatic rings. The maximum atomic E-state index is 5.32. The van der Waals surface area contributed by atoms with Gasteiger partial charge in [-0.05, 0) is 19.4 Å². The zero-order valence-corrected chi connectivity index (χ0v) is 4.85. The van der Waals surface area contributed by atoms with Gasteiger partial charge in [0.15, 0.2) is 0 Å². The number of nitrogens with two attached hydrogens (primary N) is 1. The number of rotatable bonds is 3. The van der Waals surface area contributed by atoms with Gasteiger partial charge in [-0.25, -0.2) is 0 Å². The molecule has 0 saturated carbocycles. The first-order chi connectivity index (χ1) is 3.93. The number of hydrogen-bond donors (Lipinski definition) is 1. The highest BCUT2D eigenvalue weighted by Gasteiger charge is 2.46. The Morgan fingerprint density at radius 1 is 1.62 bits per heavy atom. The molecule has 2 N–H and O–H groups in total. The van der Waals surface area contributed by atoms with Crippen LogP contribution >= 0.6 is 0 Å². The molecule has 2 rings (SSSR count). The summed E-state index contributed by atoms with van der Waals surface area (Å²) < 4.78 is 0. The van der Waals surface area contributed by atoms with Crippen LogP contribution in [-0.4, -0.2) is 18.0 Å². The van der Waals surface area contributed by atoms with Gasteiger partial charge in [0.25, 0.3) is 0 Å². The van der Waals surface area contributed by atoms with Crippen LogP contribution in [0.1, 0.15) is 12.8 Å². The molecular formula is C6H10N2. The molecule has 0 aliphatic carbocycles. The van der Waals surface area contributed by atoms with Crippen molar-refractivity contribution in [3.63, 3.8) is 0 Å². The Morgan fingerprint density at radius 2 is 2.38 bits per heavy atom. The standard InChI is InChI=1S/C6H10N2/c7-3-1-2-5-6-4-8(5)6/h1-4,7H2. The van der Waals surface area contributed by atoms with Crippen molar-refractivity contribution in [2.45, 2.75) is 12.8 Å². The van der Waals surface area contributed by atoms with Crippen molar-refractivity contribution >= 4 is 0 Å². The fraction of sp³-hybridized carbons (Fsp3) is 0.667. The maximum absolute atomic E-state index is 5.32. The lowest BCUT2D eigenvalue weighted by atomic mass is 10.2. The molecule has 0 bridgehead atoms. The van der Waals surface area contributed by atoms with E-state index >= 15 is 0 Å². The summed E-state index contributed by atoms with van der Waals surface area (Å²) in [4.78, 5) is 2.34. The predicted molar refractivity (Wildman–Crippen MR) is 32.0 cm³/mol. The number of allylic oxidation sites excluding steroid dienone is 1. The Morgan fingerprint density at radius 3 is 2.75 bits per heavy atom. The highest BCUT2D eigenvalue weighted by molar-refractivity contribution is 5.47. The lowest BCUT2D eigenvalue weighted by Gasteiger charge is -1.92. The second-order valence-electron chi connectivity index (χ2n) is 2.37. The first-order valence-corrected chi connectivity index (χ1v) is 3.13. The Bertz CT molecular complexity index is 149. The van der Waals surface area contributed by atoms with Gasteiger partial charge >= 0.3 is 0 Å². The SMILES string of the molecule is NCCCC1=C2CN12. The quantitative estimate of drug-likeness (QED) is 0.528. The maximum Gasteiger partial charge on any atom is 0.0647 e. The summed E-state index contributed by atoms with van der Waals surface area (Å²) >= 11 is 0. The highest BCUT2D eigenvalue weighted by Crippen LogP contribution is 2.49. The van der Waals surface area contributed by atoms with Crippen molar-refractivity contribution in [3.8, 4) is 0 Å². The van der Waals surface area contributed by atoms with Crippen LogP contribution in [0.5, 0.6) is 0 Å². The van der Waals surface area contributed by atoms with Gasteiger partial charge in [-0.3, -0.25) is 0 Å². The first kappa shape index (κ1) is 4.39. The molecule has 0 spiro atoms. The predicted octanol–water partition coefficient (Wildman–Crippen LogP) is 0.266. The van der Waals surface area contributed by atoms with Crippen LogP contribution in [0.25, 0.3) is 0 Å². The largest absolute Gasteiger partial charge is 0.338 e. The second kappa shape index (κ2) is 1.26. The Kier molecular flexibility index (Phi) is 0.690. The van der Waals surface area contributed by atoms with Gasteiger partial charge < -0.3 is 10.6 Å². The van der Waals surface area contributed by atoms with Gasteiger partial charge in [0.1, 0.15) is 0 Å². The van der Waals surface area contributed by atoms with Crippen molar-refractivity contribution in [3.05, 3.63) is 11.4 Å². The van der Waals surface area contributed by atoms with E-state index in [9.17, 15) is 0 Å². The Hall–Kier alpha value is -0.500. The Labute approximate surface area is 49.0 Å². The van der Waals surface area contributed by atoms with Crippen molar-refractivity contribution in [1.82, 2.24) is 4.90 Å². The van der Waals surface area contributed by atoms with Crippen LogP contribution in [-0.2, 0) is 0 Å². The van der Waals surface area contributed by atoms with Crippen LogP contribution in [0.3, 0.4) is 0 Å². The fourth-order valence-corrected chi connectivity index (χ4v) is 1.04. The molecule has 1 fully saturated rings. The third kappa shape index (κ3) is 0.464. The van der Waals surface area contributed by atoms with E-state index in [4.69, 9.17) is 5.73 Å². The summed E-state index contributed by atoms with van der Waals surface area (Å²) in [7, 11) is 0. The highest BCUT2D eigenvalue weighted by atomic mass is 15.4. The van der Waals surface area contributed by atoms with Crippen LogP contribution in [0.4, 0.5) is 0 Å². The van der Waals surface area contributed by atoms with Crippen molar-refractivity contribution < 1.29 is 0 Å². The molecule has 2 heterocycles. The smallest absolute Gasteiger partial charge is 0.0647 e. The molecule has 0 atom stereocenters. The van der Waals surface area contributed by atoms with E-state index in [0.29, 0.717) is 0 Å². The molecule has 0 aromatic carbocycles. The van der Waals surface area contributed by atoms with E-state index in [1.54, 1.807) is 11.4 Å².